The van der Waals surface area contributed by atoms with Gasteiger partial charge in [-0.25, -0.2) is 0 Å². The quantitative estimate of drug-likeness (QED) is 0.634. The Morgan fingerprint density at radius 2 is 2.05 bits per heavy atom. The highest BCUT2D eigenvalue weighted by molar-refractivity contribution is 8.13. The number of ether oxygens (including phenoxy) is 2. The molecule has 1 amide bonds. The molecule has 0 aromatic rings. The Hall–Kier alpha value is -0.590. The van der Waals surface area contributed by atoms with Crippen molar-refractivity contribution in [3.05, 3.63) is 0 Å². The van der Waals surface area contributed by atoms with Crippen LogP contribution in [0.4, 0.5) is 0 Å². The number of nitrogens with zero attached hydrogens (tertiary/aromatic N) is 1. The van der Waals surface area contributed by atoms with Gasteiger partial charge in [-0.15, -0.1) is 0 Å². The molecular weight excluding hydrogens is 266 g/mol. The molecule has 0 spiro atoms. The molecule has 0 radical (unpaired) electrons. The van der Waals surface area contributed by atoms with E-state index in [9.17, 15) is 9.59 Å². The van der Waals surface area contributed by atoms with Crippen LogP contribution in [0.3, 0.4) is 0 Å². The van der Waals surface area contributed by atoms with Crippen molar-refractivity contribution < 1.29 is 19.1 Å². The fourth-order valence-corrected chi connectivity index (χ4v) is 2.78. The zero-order valence-electron chi connectivity index (χ0n) is 11.9. The van der Waals surface area contributed by atoms with Crippen LogP contribution >= 0.6 is 11.8 Å². The van der Waals surface area contributed by atoms with E-state index >= 15 is 0 Å². The van der Waals surface area contributed by atoms with Crippen molar-refractivity contribution >= 4 is 22.8 Å². The van der Waals surface area contributed by atoms with Gasteiger partial charge in [-0.05, 0) is 19.8 Å². The summed E-state index contributed by atoms with van der Waals surface area (Å²) in [5.74, 6) is 1.09. The first-order valence-corrected chi connectivity index (χ1v) is 7.69. The molecule has 0 bridgehead atoms. The van der Waals surface area contributed by atoms with E-state index < -0.39 is 0 Å². The van der Waals surface area contributed by atoms with E-state index in [0.717, 1.165) is 0 Å². The zero-order valence-corrected chi connectivity index (χ0v) is 12.7. The molecule has 1 rings (SSSR count). The average molecular weight is 289 g/mol. The summed E-state index contributed by atoms with van der Waals surface area (Å²) < 4.78 is 10.9. The van der Waals surface area contributed by atoms with E-state index in [1.807, 2.05) is 13.8 Å². The summed E-state index contributed by atoms with van der Waals surface area (Å²) in [5, 5.41) is 0.104. The Labute approximate surface area is 119 Å². The van der Waals surface area contributed by atoms with Crippen LogP contribution in [0.15, 0.2) is 0 Å². The maximum Gasteiger partial charge on any atom is 0.223 e. The van der Waals surface area contributed by atoms with Gasteiger partial charge in [-0.2, -0.15) is 0 Å². The third kappa shape index (κ3) is 5.93. The zero-order chi connectivity index (χ0) is 14.3. The second-order valence-electron chi connectivity index (χ2n) is 4.51. The highest BCUT2D eigenvalue weighted by atomic mass is 32.2. The van der Waals surface area contributed by atoms with E-state index in [1.165, 1.54) is 11.8 Å². The minimum absolute atomic E-state index is 0.104. The molecule has 1 unspecified atom stereocenters. The number of carbonyl (C=O) groups is 2. The normalized spacial score (nSPS) is 19.5. The number of rotatable bonds is 8. The Balaban J connectivity index is 2.41. The first-order valence-electron chi connectivity index (χ1n) is 6.71. The standard InChI is InChI=1S/C13H23NO4S/c1-4-17-13(18-5-2)8-14-7-11(6-12(14)16)9-19-10(3)15/h11,13H,4-9H2,1-3H3. The molecule has 0 aliphatic carbocycles. The van der Waals surface area contributed by atoms with E-state index in [2.05, 4.69) is 0 Å². The first kappa shape index (κ1) is 16.5. The summed E-state index contributed by atoms with van der Waals surface area (Å²) in [4.78, 5) is 24.6. The molecule has 0 saturated carbocycles. The topological polar surface area (TPSA) is 55.8 Å². The van der Waals surface area contributed by atoms with Crippen molar-refractivity contribution in [2.24, 2.45) is 5.92 Å². The number of carbonyl (C=O) groups excluding carboxylic acids is 2. The lowest BCUT2D eigenvalue weighted by atomic mass is 10.1. The molecule has 0 aromatic heterocycles. The van der Waals surface area contributed by atoms with Crippen LogP contribution in [0.2, 0.25) is 0 Å². The number of thioether (sulfide) groups is 1. The molecule has 1 fully saturated rings. The monoisotopic (exact) mass is 289 g/mol. The molecule has 1 heterocycles. The molecule has 110 valence electrons. The summed E-state index contributed by atoms with van der Waals surface area (Å²) in [6, 6.07) is 0. The van der Waals surface area contributed by atoms with Crippen molar-refractivity contribution in [3.63, 3.8) is 0 Å². The van der Waals surface area contributed by atoms with Gasteiger partial charge in [0, 0.05) is 38.9 Å². The van der Waals surface area contributed by atoms with E-state index in [1.54, 1.807) is 11.8 Å². The molecule has 5 nitrogen and oxygen atoms in total. The maximum atomic E-state index is 11.9. The maximum absolute atomic E-state index is 11.9. The van der Waals surface area contributed by atoms with E-state index in [0.29, 0.717) is 38.5 Å². The average Bonchev–Trinajstić information content (AvgIpc) is 2.68. The predicted octanol–water partition coefficient (Wildman–Crippen LogP) is 1.51. The SMILES string of the molecule is CCOC(CN1CC(CSC(C)=O)CC1=O)OCC. The fraction of sp³-hybridized carbons (Fsp3) is 0.846. The van der Waals surface area contributed by atoms with Gasteiger partial charge in [-0.1, -0.05) is 11.8 Å². The summed E-state index contributed by atoms with van der Waals surface area (Å²) in [5.41, 5.74) is 0. The molecule has 1 aliphatic rings. The second-order valence-corrected chi connectivity index (χ2v) is 5.71. The number of likely N-dealkylation sites (tertiary alicyclic amines) is 1. The third-order valence-electron chi connectivity index (χ3n) is 2.89. The summed E-state index contributed by atoms with van der Waals surface area (Å²) in [6.45, 7) is 7.66. The van der Waals surface area contributed by atoms with Crippen molar-refractivity contribution in [3.8, 4) is 0 Å². The molecule has 19 heavy (non-hydrogen) atoms. The molecule has 0 N–H and O–H groups in total. The Bertz CT molecular complexity index is 305. The highest BCUT2D eigenvalue weighted by Gasteiger charge is 2.31. The Kier molecular flexibility index (Phi) is 7.41. The van der Waals surface area contributed by atoms with Crippen LogP contribution in [-0.4, -0.2) is 54.3 Å². The molecule has 1 atom stereocenters. The Morgan fingerprint density at radius 1 is 1.42 bits per heavy atom. The van der Waals surface area contributed by atoms with Gasteiger partial charge < -0.3 is 14.4 Å². The van der Waals surface area contributed by atoms with Gasteiger partial charge in [0.25, 0.3) is 0 Å². The minimum Gasteiger partial charge on any atom is -0.351 e. The van der Waals surface area contributed by atoms with Crippen LogP contribution in [0.25, 0.3) is 0 Å². The lowest BCUT2D eigenvalue weighted by Gasteiger charge is -2.23. The predicted molar refractivity (Wildman–Crippen MR) is 74.9 cm³/mol. The Morgan fingerprint density at radius 3 is 2.58 bits per heavy atom. The highest BCUT2D eigenvalue weighted by Crippen LogP contribution is 2.22. The minimum atomic E-state index is -0.349. The van der Waals surface area contributed by atoms with Crippen LogP contribution in [-0.2, 0) is 19.1 Å². The van der Waals surface area contributed by atoms with E-state index in [-0.39, 0.29) is 23.2 Å². The van der Waals surface area contributed by atoms with Crippen LogP contribution in [0.5, 0.6) is 0 Å². The van der Waals surface area contributed by atoms with Crippen molar-refractivity contribution in [2.75, 3.05) is 32.1 Å². The smallest absolute Gasteiger partial charge is 0.223 e. The molecule has 0 aromatic carbocycles. The summed E-state index contributed by atoms with van der Waals surface area (Å²) >= 11 is 1.29. The molecule has 1 saturated heterocycles. The second kappa shape index (κ2) is 8.55. The van der Waals surface area contributed by atoms with Gasteiger partial charge in [0.05, 0.1) is 6.54 Å². The van der Waals surface area contributed by atoms with Gasteiger partial charge >= 0.3 is 0 Å². The van der Waals surface area contributed by atoms with Crippen LogP contribution in [0, 0.1) is 5.92 Å². The van der Waals surface area contributed by atoms with Crippen molar-refractivity contribution in [1.29, 1.82) is 0 Å². The van der Waals surface area contributed by atoms with Gasteiger partial charge in [-0.3, -0.25) is 9.59 Å². The number of hydrogen-bond donors (Lipinski definition) is 0. The van der Waals surface area contributed by atoms with Gasteiger partial charge in [0.1, 0.15) is 0 Å². The van der Waals surface area contributed by atoms with Gasteiger partial charge in [0.2, 0.25) is 5.91 Å². The van der Waals surface area contributed by atoms with Crippen LogP contribution < -0.4 is 0 Å². The lowest BCUT2D eigenvalue weighted by Crippen LogP contribution is -2.36. The van der Waals surface area contributed by atoms with Gasteiger partial charge in [0.15, 0.2) is 11.4 Å². The van der Waals surface area contributed by atoms with Crippen molar-refractivity contribution in [1.82, 2.24) is 4.90 Å². The summed E-state index contributed by atoms with van der Waals surface area (Å²) in [6.07, 6.45) is 0.170. The lowest BCUT2D eigenvalue weighted by molar-refractivity contribution is -0.155. The number of amides is 1. The van der Waals surface area contributed by atoms with Crippen molar-refractivity contribution in [2.45, 2.75) is 33.5 Å². The third-order valence-corrected chi connectivity index (χ3v) is 3.94. The largest absolute Gasteiger partial charge is 0.351 e. The van der Waals surface area contributed by atoms with E-state index in [4.69, 9.17) is 9.47 Å². The summed E-state index contributed by atoms with van der Waals surface area (Å²) in [7, 11) is 0. The molecule has 6 heteroatoms. The molecular formula is C13H23NO4S. The first-order chi connectivity index (χ1) is 9.06. The molecule has 1 aliphatic heterocycles. The fourth-order valence-electron chi connectivity index (χ4n) is 2.08. The number of hydrogen-bond acceptors (Lipinski definition) is 5. The van der Waals surface area contributed by atoms with Crippen LogP contribution in [0.1, 0.15) is 27.2 Å².